The zero-order valence-corrected chi connectivity index (χ0v) is 20.5. The molecule has 0 amide bonds. The average molecular weight is 514 g/mol. The number of hydrogen-bond acceptors (Lipinski definition) is 3. The smallest absolute Gasteiger partial charge is 0.195 e. The van der Waals surface area contributed by atoms with Crippen LogP contribution in [0.5, 0.6) is 5.75 Å². The van der Waals surface area contributed by atoms with Crippen molar-refractivity contribution in [2.75, 3.05) is 7.11 Å². The van der Waals surface area contributed by atoms with Gasteiger partial charge in [-0.25, -0.2) is 4.99 Å². The molecule has 33 heavy (non-hydrogen) atoms. The number of rotatable bonds is 5. The SMILES string of the molecule is COc1ccc(-c2c(-c3ccccc3)sc(=Nc3ccccc3)n2-c2ccccc2)cc1.[Br-]. The number of para-hydroxylation sites is 2. The Hall–Kier alpha value is -3.41. The number of aromatic nitrogens is 1. The Bertz CT molecular complexity index is 1380. The first-order chi connectivity index (χ1) is 15.8. The van der Waals surface area contributed by atoms with Gasteiger partial charge in [0.1, 0.15) is 5.75 Å². The average Bonchev–Trinajstić information content (AvgIpc) is 3.25. The van der Waals surface area contributed by atoms with E-state index in [-0.39, 0.29) is 17.0 Å². The molecular formula is C28H22BrN2OS-. The van der Waals surface area contributed by atoms with E-state index in [1.54, 1.807) is 18.4 Å². The number of nitrogens with zero attached hydrogens (tertiary/aromatic N) is 2. The fraction of sp³-hybridized carbons (Fsp3) is 0.0357. The van der Waals surface area contributed by atoms with E-state index in [2.05, 4.69) is 65.2 Å². The first-order valence-electron chi connectivity index (χ1n) is 10.4. The third kappa shape index (κ3) is 4.85. The van der Waals surface area contributed by atoms with Crippen LogP contribution in [0.25, 0.3) is 27.4 Å². The summed E-state index contributed by atoms with van der Waals surface area (Å²) in [6, 6.07) is 39.3. The number of halogens is 1. The Kier molecular flexibility index (Phi) is 7.23. The number of benzene rings is 4. The maximum atomic E-state index is 5.40. The van der Waals surface area contributed by atoms with Crippen molar-refractivity contribution in [1.29, 1.82) is 0 Å². The summed E-state index contributed by atoms with van der Waals surface area (Å²) in [5, 5.41) is 0. The molecule has 5 rings (SSSR count). The van der Waals surface area contributed by atoms with E-state index in [0.29, 0.717) is 0 Å². The lowest BCUT2D eigenvalue weighted by Gasteiger charge is -2.12. The van der Waals surface area contributed by atoms with Crippen molar-refractivity contribution in [3.63, 3.8) is 0 Å². The number of methoxy groups -OCH3 is 1. The number of ether oxygens (including phenoxy) is 1. The van der Waals surface area contributed by atoms with Crippen molar-refractivity contribution in [1.82, 2.24) is 4.57 Å². The summed E-state index contributed by atoms with van der Waals surface area (Å²) in [7, 11) is 1.69. The fourth-order valence-corrected chi connectivity index (χ4v) is 4.86. The van der Waals surface area contributed by atoms with Crippen LogP contribution in [-0.4, -0.2) is 11.7 Å². The molecule has 0 unspecified atom stereocenters. The van der Waals surface area contributed by atoms with Gasteiger partial charge in [-0.2, -0.15) is 0 Å². The molecule has 1 heterocycles. The van der Waals surface area contributed by atoms with Crippen LogP contribution >= 0.6 is 11.3 Å². The summed E-state index contributed by atoms with van der Waals surface area (Å²) in [5.74, 6) is 0.839. The summed E-state index contributed by atoms with van der Waals surface area (Å²) in [6.45, 7) is 0. The molecule has 3 nitrogen and oxygen atoms in total. The minimum Gasteiger partial charge on any atom is -1.00 e. The van der Waals surface area contributed by atoms with Crippen LogP contribution in [0.4, 0.5) is 5.69 Å². The Labute approximate surface area is 208 Å². The lowest BCUT2D eigenvalue weighted by Crippen LogP contribution is -3.00. The van der Waals surface area contributed by atoms with E-state index >= 15 is 0 Å². The maximum absolute atomic E-state index is 5.40. The van der Waals surface area contributed by atoms with E-state index in [1.165, 1.54) is 10.4 Å². The molecule has 0 fully saturated rings. The largest absolute Gasteiger partial charge is 1.00 e. The molecule has 0 saturated heterocycles. The molecule has 0 aliphatic carbocycles. The minimum absolute atomic E-state index is 0. The number of thiazole rings is 1. The van der Waals surface area contributed by atoms with Gasteiger partial charge < -0.3 is 21.7 Å². The summed E-state index contributed by atoms with van der Waals surface area (Å²) < 4.78 is 7.65. The van der Waals surface area contributed by atoms with Gasteiger partial charge in [0, 0.05) is 11.3 Å². The Morgan fingerprint density at radius 1 is 0.667 bits per heavy atom. The molecule has 0 bridgehead atoms. The topological polar surface area (TPSA) is 26.5 Å². The molecule has 4 aromatic carbocycles. The van der Waals surface area contributed by atoms with Crippen LogP contribution in [0, 0.1) is 0 Å². The van der Waals surface area contributed by atoms with Crippen molar-refractivity contribution in [2.24, 2.45) is 4.99 Å². The monoisotopic (exact) mass is 513 g/mol. The second kappa shape index (κ2) is 10.5. The predicted octanol–water partition coefficient (Wildman–Crippen LogP) is 4.12. The molecule has 0 spiro atoms. The predicted molar refractivity (Wildman–Crippen MR) is 133 cm³/mol. The third-order valence-electron chi connectivity index (χ3n) is 5.22. The van der Waals surface area contributed by atoms with E-state index in [0.717, 1.165) is 33.2 Å². The normalized spacial score (nSPS) is 11.1. The summed E-state index contributed by atoms with van der Waals surface area (Å²) in [6.07, 6.45) is 0. The van der Waals surface area contributed by atoms with Crippen LogP contribution < -0.4 is 26.5 Å². The lowest BCUT2D eigenvalue weighted by atomic mass is 10.1. The van der Waals surface area contributed by atoms with Crippen molar-refractivity contribution in [2.45, 2.75) is 0 Å². The second-order valence-electron chi connectivity index (χ2n) is 7.28. The number of hydrogen-bond donors (Lipinski definition) is 0. The van der Waals surface area contributed by atoms with E-state index in [4.69, 9.17) is 9.73 Å². The van der Waals surface area contributed by atoms with Gasteiger partial charge in [-0.1, -0.05) is 78.1 Å². The van der Waals surface area contributed by atoms with Gasteiger partial charge in [-0.05, 0) is 54.1 Å². The van der Waals surface area contributed by atoms with Crippen LogP contribution in [0.15, 0.2) is 120 Å². The van der Waals surface area contributed by atoms with Gasteiger partial charge in [0.05, 0.1) is 23.4 Å². The van der Waals surface area contributed by atoms with E-state index < -0.39 is 0 Å². The van der Waals surface area contributed by atoms with Crippen molar-refractivity contribution < 1.29 is 21.7 Å². The second-order valence-corrected chi connectivity index (χ2v) is 8.25. The van der Waals surface area contributed by atoms with Crippen LogP contribution in [0.2, 0.25) is 0 Å². The highest BCUT2D eigenvalue weighted by Gasteiger charge is 2.18. The summed E-state index contributed by atoms with van der Waals surface area (Å²) in [4.78, 5) is 7.14. The molecule has 1 aromatic heterocycles. The zero-order valence-electron chi connectivity index (χ0n) is 18.1. The molecule has 0 saturated carbocycles. The molecule has 164 valence electrons. The van der Waals surface area contributed by atoms with E-state index in [1.807, 2.05) is 54.6 Å². The summed E-state index contributed by atoms with van der Waals surface area (Å²) in [5.41, 5.74) is 5.40. The molecule has 5 heteroatoms. The van der Waals surface area contributed by atoms with Crippen molar-refractivity contribution >= 4 is 17.0 Å². The Morgan fingerprint density at radius 2 is 1.24 bits per heavy atom. The van der Waals surface area contributed by atoms with Crippen molar-refractivity contribution in [3.05, 3.63) is 120 Å². The van der Waals surface area contributed by atoms with Gasteiger partial charge in [0.2, 0.25) is 0 Å². The molecule has 0 atom stereocenters. The molecule has 0 N–H and O–H groups in total. The van der Waals surface area contributed by atoms with Crippen LogP contribution in [0.1, 0.15) is 0 Å². The van der Waals surface area contributed by atoms with Crippen molar-refractivity contribution in [3.8, 4) is 33.1 Å². The minimum atomic E-state index is 0. The highest BCUT2D eigenvalue weighted by atomic mass is 79.9. The van der Waals surface area contributed by atoms with E-state index in [9.17, 15) is 0 Å². The maximum Gasteiger partial charge on any atom is 0.195 e. The third-order valence-corrected chi connectivity index (χ3v) is 6.31. The molecular weight excluding hydrogens is 492 g/mol. The Balaban J connectivity index is 0.00000259. The molecule has 0 radical (unpaired) electrons. The Morgan fingerprint density at radius 3 is 1.85 bits per heavy atom. The molecule has 5 aromatic rings. The highest BCUT2D eigenvalue weighted by Crippen LogP contribution is 2.37. The zero-order chi connectivity index (χ0) is 21.8. The van der Waals surface area contributed by atoms with Gasteiger partial charge in [-0.15, -0.1) is 0 Å². The van der Waals surface area contributed by atoms with Gasteiger partial charge >= 0.3 is 0 Å². The first-order valence-corrected chi connectivity index (χ1v) is 11.3. The standard InChI is InChI=1S/C28H22N2OS.BrH/c1-31-25-19-17-21(18-20-25)26-27(22-11-5-2-6-12-22)32-28(29-23-13-7-3-8-14-23)30(26)24-15-9-4-10-16-24;/h2-20H,1H3;1H/p-1. The fourth-order valence-electron chi connectivity index (χ4n) is 3.68. The van der Waals surface area contributed by atoms with Gasteiger partial charge in [0.25, 0.3) is 0 Å². The molecule has 0 aliphatic heterocycles. The lowest BCUT2D eigenvalue weighted by molar-refractivity contribution is -0.00000650. The van der Waals surface area contributed by atoms with Gasteiger partial charge in [-0.3, -0.25) is 4.57 Å². The quantitative estimate of drug-likeness (QED) is 0.347. The van der Waals surface area contributed by atoms with Crippen LogP contribution in [0.3, 0.4) is 0 Å². The first kappa shape index (κ1) is 22.8. The van der Waals surface area contributed by atoms with Gasteiger partial charge in [0.15, 0.2) is 4.80 Å². The molecule has 0 aliphatic rings. The van der Waals surface area contributed by atoms with Crippen LogP contribution in [-0.2, 0) is 0 Å². The summed E-state index contributed by atoms with van der Waals surface area (Å²) >= 11 is 1.70. The highest BCUT2D eigenvalue weighted by molar-refractivity contribution is 7.13.